The van der Waals surface area contributed by atoms with E-state index in [4.69, 9.17) is 23.7 Å². The number of aromatic nitrogens is 1. The van der Waals surface area contributed by atoms with Gasteiger partial charge in [0.05, 0.1) is 71.3 Å². The number of carbonyl (C=O) groups excluding carboxylic acids is 6. The van der Waals surface area contributed by atoms with Crippen LogP contribution in [0, 0.1) is 22.2 Å². The van der Waals surface area contributed by atoms with Crippen LogP contribution >= 0.6 is 0 Å². The number of ether oxygens (including phenoxy) is 5. The van der Waals surface area contributed by atoms with Gasteiger partial charge in [0.1, 0.15) is 17.8 Å². The third kappa shape index (κ3) is 20.9. The normalized spacial score (nSPS) is 12.4. The maximum Gasteiger partial charge on any atom is 0.401 e. The Morgan fingerprint density at radius 3 is 1.10 bits per heavy atom. The SMILES string of the molecule is CCOC(=O)c1ccc(C(=O)C(C)(C)C(F)(F)F)cc1.CCOC(=O)c1ccc(C(=O)C(C)C)cc1.CCOC(=O)c1ccc(C(O)C(C)(C)C(F)(F)F)cc1.CCOC(=O)c1ccc(C(c2ccc(OCc3ccccn3)cc2)C(C)(C)C(F)(F)F)cc1. The standard InChI is InChI=1S/C26H26F3NO3.C14H17F3O3.C14H15F3O3.C13H16O3/c1-4-32-24(31)20-10-8-18(9-11-20)23(25(2,3)26(27,28)29)19-12-14-22(15-13-19)33-17-21-7-5-6-16-30-21;2*1-4-20-12(19)10-7-5-9(6-8-10)11(18)13(2,3)14(15,16)17;1-4-16-13(15)11-7-5-10(6-8-11)12(14)9(2)3/h5-16,23H,4,17H2,1-3H3;5-8,11,18H,4H2,1-3H3;5-8H,4H2,1-3H3;5-9H,4H2,1-3H3. The highest BCUT2D eigenvalue weighted by Crippen LogP contribution is 2.51. The summed E-state index contributed by atoms with van der Waals surface area (Å²) in [5, 5.41) is 9.88. The fourth-order valence-electron chi connectivity index (χ4n) is 7.98. The van der Waals surface area contributed by atoms with Crippen LogP contribution in [0.3, 0.4) is 0 Å². The molecule has 0 aliphatic carbocycles. The molecule has 482 valence electrons. The number of aliphatic hydroxyl groups is 1. The molecule has 22 heteroatoms. The van der Waals surface area contributed by atoms with Gasteiger partial charge in [-0.3, -0.25) is 14.6 Å². The molecular formula is C67H74F9NO12. The van der Waals surface area contributed by atoms with Gasteiger partial charge in [0.15, 0.2) is 11.6 Å². The molecule has 0 bridgehead atoms. The lowest BCUT2D eigenvalue weighted by Gasteiger charge is -2.37. The third-order valence-corrected chi connectivity index (χ3v) is 13.8. The number of esters is 4. The maximum absolute atomic E-state index is 14.0. The van der Waals surface area contributed by atoms with Gasteiger partial charge in [0, 0.05) is 29.2 Å². The summed E-state index contributed by atoms with van der Waals surface area (Å²) in [4.78, 5) is 73.8. The number of alkyl halides is 9. The average Bonchev–Trinajstić information content (AvgIpc) is 1.01. The van der Waals surface area contributed by atoms with Gasteiger partial charge in [-0.25, -0.2) is 19.2 Å². The second kappa shape index (κ2) is 32.7. The van der Waals surface area contributed by atoms with Gasteiger partial charge >= 0.3 is 42.4 Å². The number of hydrogen-bond donors (Lipinski definition) is 1. The number of nitrogens with zero attached hydrogens (tertiary/aromatic N) is 1. The lowest BCUT2D eigenvalue weighted by Crippen LogP contribution is -2.39. The molecule has 1 N–H and O–H groups in total. The van der Waals surface area contributed by atoms with E-state index in [0.29, 0.717) is 40.2 Å². The molecule has 0 radical (unpaired) electrons. The van der Waals surface area contributed by atoms with Crippen molar-refractivity contribution < 1.29 is 97.1 Å². The molecule has 0 amide bonds. The Kier molecular flexibility index (Phi) is 27.5. The first-order valence-electron chi connectivity index (χ1n) is 28.1. The zero-order valence-corrected chi connectivity index (χ0v) is 51.4. The minimum atomic E-state index is -4.64. The number of carbonyl (C=O) groups is 6. The van der Waals surface area contributed by atoms with Gasteiger partial charge in [-0.2, -0.15) is 39.5 Å². The van der Waals surface area contributed by atoms with Gasteiger partial charge in [0.2, 0.25) is 0 Å². The van der Waals surface area contributed by atoms with E-state index in [1.165, 1.54) is 74.5 Å². The molecule has 0 aliphatic heterocycles. The summed E-state index contributed by atoms with van der Waals surface area (Å²) in [6.45, 7) is 17.6. The summed E-state index contributed by atoms with van der Waals surface area (Å²) >= 11 is 0. The highest BCUT2D eigenvalue weighted by molar-refractivity contribution is 6.01. The minimum Gasteiger partial charge on any atom is -0.487 e. The summed E-state index contributed by atoms with van der Waals surface area (Å²) in [5.41, 5.74) is -3.31. The van der Waals surface area contributed by atoms with Gasteiger partial charge in [-0.1, -0.05) is 94.4 Å². The van der Waals surface area contributed by atoms with E-state index in [1.807, 2.05) is 26.0 Å². The molecule has 0 saturated heterocycles. The first-order valence-corrected chi connectivity index (χ1v) is 28.1. The van der Waals surface area contributed by atoms with Crippen molar-refractivity contribution in [3.8, 4) is 5.75 Å². The molecule has 0 aliphatic rings. The van der Waals surface area contributed by atoms with Crippen LogP contribution in [0.4, 0.5) is 39.5 Å². The average molecular weight is 1260 g/mol. The van der Waals surface area contributed by atoms with Crippen molar-refractivity contribution in [2.24, 2.45) is 22.2 Å². The largest absolute Gasteiger partial charge is 0.487 e. The molecule has 1 aromatic heterocycles. The Bertz CT molecular complexity index is 3230. The fraction of sp³-hybridized carbons (Fsp3) is 0.388. The lowest BCUT2D eigenvalue weighted by molar-refractivity contribution is -0.243. The van der Waals surface area contributed by atoms with E-state index in [0.717, 1.165) is 33.4 Å². The topological polar surface area (TPSA) is 182 Å². The summed E-state index contributed by atoms with van der Waals surface area (Å²) in [7, 11) is 0. The lowest BCUT2D eigenvalue weighted by atomic mass is 9.70. The first-order chi connectivity index (χ1) is 41.4. The Labute approximate surface area is 511 Å². The van der Waals surface area contributed by atoms with Gasteiger partial charge in [-0.05, 0) is 145 Å². The predicted octanol–water partition coefficient (Wildman–Crippen LogP) is 16.4. The molecule has 0 saturated carbocycles. The number of halogens is 9. The number of pyridine rings is 1. The molecule has 0 spiro atoms. The van der Waals surface area contributed by atoms with E-state index in [1.54, 1.807) is 101 Å². The molecule has 13 nitrogen and oxygen atoms in total. The number of aliphatic hydroxyl groups excluding tert-OH is 1. The first kappa shape index (κ1) is 74.9. The highest BCUT2D eigenvalue weighted by Gasteiger charge is 2.55. The Hall–Kier alpha value is -8.40. The third-order valence-electron chi connectivity index (χ3n) is 13.8. The molecule has 89 heavy (non-hydrogen) atoms. The van der Waals surface area contributed by atoms with Crippen molar-refractivity contribution in [1.82, 2.24) is 4.98 Å². The zero-order chi connectivity index (χ0) is 67.3. The van der Waals surface area contributed by atoms with Crippen molar-refractivity contribution in [2.45, 2.75) is 120 Å². The molecule has 1 heterocycles. The number of benzene rings is 5. The van der Waals surface area contributed by atoms with Gasteiger partial charge in [-0.15, -0.1) is 0 Å². The molecule has 6 rings (SSSR count). The predicted molar refractivity (Wildman–Crippen MR) is 314 cm³/mol. The Morgan fingerprint density at radius 1 is 0.438 bits per heavy atom. The van der Waals surface area contributed by atoms with Crippen molar-refractivity contribution in [1.29, 1.82) is 0 Å². The van der Waals surface area contributed by atoms with Crippen molar-refractivity contribution in [2.75, 3.05) is 26.4 Å². The molecular weight excluding hydrogens is 1180 g/mol. The van der Waals surface area contributed by atoms with Gasteiger partial charge in [0.25, 0.3) is 0 Å². The fourth-order valence-corrected chi connectivity index (χ4v) is 7.98. The molecule has 0 fully saturated rings. The number of Topliss-reactive ketones (excluding diaryl/α,β-unsaturated/α-hetero) is 2. The van der Waals surface area contributed by atoms with Crippen molar-refractivity contribution >= 4 is 35.4 Å². The zero-order valence-electron chi connectivity index (χ0n) is 51.4. The molecule has 2 unspecified atom stereocenters. The van der Waals surface area contributed by atoms with E-state index in [-0.39, 0.29) is 66.4 Å². The van der Waals surface area contributed by atoms with Crippen LogP contribution in [0.1, 0.15) is 180 Å². The van der Waals surface area contributed by atoms with Crippen molar-refractivity contribution in [3.05, 3.63) is 201 Å². The van der Waals surface area contributed by atoms with E-state index >= 15 is 0 Å². The van der Waals surface area contributed by atoms with E-state index in [2.05, 4.69) is 4.98 Å². The second-order valence-corrected chi connectivity index (χ2v) is 21.7. The smallest absolute Gasteiger partial charge is 0.401 e. The summed E-state index contributed by atoms with van der Waals surface area (Å²) in [6, 6.07) is 35.0. The maximum atomic E-state index is 14.0. The van der Waals surface area contributed by atoms with E-state index < -0.39 is 70.5 Å². The summed E-state index contributed by atoms with van der Waals surface area (Å²) in [5.74, 6) is -3.45. The minimum absolute atomic E-state index is 0.0338. The Morgan fingerprint density at radius 2 is 0.775 bits per heavy atom. The number of hydrogen-bond acceptors (Lipinski definition) is 13. The van der Waals surface area contributed by atoms with Crippen LogP contribution in [-0.4, -0.2) is 90.5 Å². The number of rotatable bonds is 20. The molecule has 2 atom stereocenters. The van der Waals surface area contributed by atoms with Crippen LogP contribution in [0.5, 0.6) is 5.75 Å². The Balaban J connectivity index is 0.000000324. The summed E-state index contributed by atoms with van der Waals surface area (Å²) in [6.07, 6.45) is -13.7. The van der Waals surface area contributed by atoms with Crippen LogP contribution < -0.4 is 4.74 Å². The van der Waals surface area contributed by atoms with Crippen molar-refractivity contribution in [3.63, 3.8) is 0 Å². The highest BCUT2D eigenvalue weighted by atomic mass is 19.4. The molecule has 6 aromatic rings. The second-order valence-electron chi connectivity index (χ2n) is 21.7. The van der Waals surface area contributed by atoms with Crippen LogP contribution in [0.2, 0.25) is 0 Å². The van der Waals surface area contributed by atoms with Crippen LogP contribution in [0.25, 0.3) is 0 Å². The molecule has 5 aromatic carbocycles. The summed E-state index contributed by atoms with van der Waals surface area (Å²) < 4.78 is 144. The van der Waals surface area contributed by atoms with Crippen LogP contribution in [0.15, 0.2) is 146 Å². The monoisotopic (exact) mass is 1260 g/mol. The van der Waals surface area contributed by atoms with Crippen LogP contribution in [-0.2, 0) is 25.6 Å². The van der Waals surface area contributed by atoms with Gasteiger partial charge < -0.3 is 28.8 Å². The quantitative estimate of drug-likeness (QED) is 0.0330. The number of ketones is 2. The van der Waals surface area contributed by atoms with E-state index in [9.17, 15) is 73.4 Å².